The van der Waals surface area contributed by atoms with E-state index in [0.29, 0.717) is 12.0 Å². The van der Waals surface area contributed by atoms with Gasteiger partial charge >= 0.3 is 0 Å². The molecule has 0 aromatic carbocycles. The van der Waals surface area contributed by atoms with Crippen LogP contribution in [0.25, 0.3) is 0 Å². The van der Waals surface area contributed by atoms with Gasteiger partial charge in [-0.15, -0.1) is 10.2 Å². The van der Waals surface area contributed by atoms with E-state index in [0.717, 1.165) is 38.3 Å². The Hall–Kier alpha value is -1.60. The molecule has 1 saturated heterocycles. The molecule has 2 aromatic rings. The molecule has 6 nitrogen and oxygen atoms in total. The zero-order valence-corrected chi connectivity index (χ0v) is 14.2. The Morgan fingerprint density at radius 1 is 1.22 bits per heavy atom. The smallest absolute Gasteiger partial charge is 0.131 e. The topological polar surface area (TPSA) is 58.0 Å². The molecule has 0 spiro atoms. The number of piperidine rings is 1. The molecule has 1 aliphatic heterocycles. The maximum absolute atomic E-state index is 4.37. The summed E-state index contributed by atoms with van der Waals surface area (Å²) in [6, 6.07) is 2.53. The van der Waals surface area contributed by atoms with Gasteiger partial charge in [0, 0.05) is 38.3 Å². The van der Waals surface area contributed by atoms with Crippen molar-refractivity contribution in [2.45, 2.75) is 44.2 Å². The van der Waals surface area contributed by atoms with E-state index in [2.05, 4.69) is 37.0 Å². The van der Waals surface area contributed by atoms with Crippen molar-refractivity contribution >= 4 is 17.2 Å². The number of hydrogen-bond acceptors (Lipinski definition) is 7. The summed E-state index contributed by atoms with van der Waals surface area (Å²) in [6.45, 7) is 3.17. The lowest BCUT2D eigenvalue weighted by atomic mass is 10.0. The van der Waals surface area contributed by atoms with Crippen molar-refractivity contribution in [3.05, 3.63) is 28.6 Å². The van der Waals surface area contributed by atoms with Crippen LogP contribution in [0.1, 0.15) is 41.6 Å². The van der Waals surface area contributed by atoms with Crippen LogP contribution in [-0.4, -0.2) is 51.2 Å². The Balaban J connectivity index is 1.30. The van der Waals surface area contributed by atoms with Crippen LogP contribution in [-0.2, 0) is 6.54 Å². The first-order valence-electron chi connectivity index (χ1n) is 8.33. The highest BCUT2D eigenvalue weighted by Crippen LogP contribution is 2.41. The van der Waals surface area contributed by atoms with E-state index in [1.165, 1.54) is 22.9 Å². The van der Waals surface area contributed by atoms with Gasteiger partial charge in [-0.1, -0.05) is 11.3 Å². The number of nitrogens with zero attached hydrogens (tertiary/aromatic N) is 6. The van der Waals surface area contributed by atoms with Gasteiger partial charge in [0.1, 0.15) is 22.2 Å². The Bertz CT molecular complexity index is 633. The number of rotatable bonds is 5. The second-order valence-corrected chi connectivity index (χ2v) is 7.59. The van der Waals surface area contributed by atoms with E-state index >= 15 is 0 Å². The SMILES string of the molecule is CN(c1ccncn1)C1CCN(Cc2nnc(C3CC3)s2)CC1. The summed E-state index contributed by atoms with van der Waals surface area (Å²) >= 11 is 1.81. The van der Waals surface area contributed by atoms with Crippen molar-refractivity contribution in [2.24, 2.45) is 0 Å². The fourth-order valence-electron chi connectivity index (χ4n) is 3.16. The van der Waals surface area contributed by atoms with Gasteiger partial charge in [-0.05, 0) is 31.7 Å². The summed E-state index contributed by atoms with van der Waals surface area (Å²) < 4.78 is 0. The van der Waals surface area contributed by atoms with E-state index in [9.17, 15) is 0 Å². The average molecular weight is 330 g/mol. The van der Waals surface area contributed by atoms with Crippen molar-refractivity contribution in [2.75, 3.05) is 25.0 Å². The van der Waals surface area contributed by atoms with Gasteiger partial charge in [0.25, 0.3) is 0 Å². The molecule has 2 aromatic heterocycles. The molecule has 0 amide bonds. The summed E-state index contributed by atoms with van der Waals surface area (Å²) in [6.07, 6.45) is 8.35. The Labute approximate surface area is 140 Å². The first-order chi connectivity index (χ1) is 11.3. The van der Waals surface area contributed by atoms with Crippen LogP contribution in [0.5, 0.6) is 0 Å². The largest absolute Gasteiger partial charge is 0.356 e. The fourth-order valence-corrected chi connectivity index (χ4v) is 4.22. The summed E-state index contributed by atoms with van der Waals surface area (Å²) in [7, 11) is 2.13. The van der Waals surface area contributed by atoms with Gasteiger partial charge < -0.3 is 4.90 Å². The third-order valence-corrected chi connectivity index (χ3v) is 5.87. The number of anilines is 1. The standard InChI is InChI=1S/C16H22N6S/c1-21(14-4-7-17-11-18-14)13-5-8-22(9-6-13)10-15-19-20-16(23-15)12-2-3-12/h4,7,11-13H,2-3,5-6,8-10H2,1H3. The van der Waals surface area contributed by atoms with Crippen LogP contribution < -0.4 is 4.90 Å². The molecule has 4 rings (SSSR count). The lowest BCUT2D eigenvalue weighted by molar-refractivity contribution is 0.202. The molecule has 7 heteroatoms. The van der Waals surface area contributed by atoms with E-state index in [-0.39, 0.29) is 0 Å². The molecule has 122 valence electrons. The van der Waals surface area contributed by atoms with Crippen LogP contribution in [0.3, 0.4) is 0 Å². The molecule has 2 fully saturated rings. The molecule has 2 aliphatic rings. The molecule has 1 saturated carbocycles. The number of hydrogen-bond donors (Lipinski definition) is 0. The van der Waals surface area contributed by atoms with Crippen molar-refractivity contribution in [3.63, 3.8) is 0 Å². The molecule has 0 radical (unpaired) electrons. The molecular formula is C16H22N6S. The lowest BCUT2D eigenvalue weighted by Gasteiger charge is -2.36. The predicted molar refractivity (Wildman–Crippen MR) is 90.6 cm³/mol. The van der Waals surface area contributed by atoms with Crippen LogP contribution in [0.2, 0.25) is 0 Å². The summed E-state index contributed by atoms with van der Waals surface area (Å²) in [5.41, 5.74) is 0. The second kappa shape index (κ2) is 6.49. The highest BCUT2D eigenvalue weighted by atomic mass is 32.1. The van der Waals surface area contributed by atoms with Gasteiger partial charge in [-0.2, -0.15) is 0 Å². The van der Waals surface area contributed by atoms with E-state index in [1.807, 2.05) is 17.4 Å². The molecule has 0 bridgehead atoms. The third-order valence-electron chi connectivity index (χ3n) is 4.80. The second-order valence-electron chi connectivity index (χ2n) is 6.49. The van der Waals surface area contributed by atoms with Crippen LogP contribution in [0, 0.1) is 0 Å². The maximum atomic E-state index is 4.37. The summed E-state index contributed by atoms with van der Waals surface area (Å²) in [5, 5.41) is 11.1. The summed E-state index contributed by atoms with van der Waals surface area (Å²) in [5.74, 6) is 1.73. The van der Waals surface area contributed by atoms with E-state index in [1.54, 1.807) is 12.5 Å². The Morgan fingerprint density at radius 2 is 2.04 bits per heavy atom. The third kappa shape index (κ3) is 3.50. The Morgan fingerprint density at radius 3 is 2.74 bits per heavy atom. The molecule has 23 heavy (non-hydrogen) atoms. The highest BCUT2D eigenvalue weighted by molar-refractivity contribution is 7.11. The first-order valence-corrected chi connectivity index (χ1v) is 9.15. The molecule has 3 heterocycles. The Kier molecular flexibility index (Phi) is 4.22. The summed E-state index contributed by atoms with van der Waals surface area (Å²) in [4.78, 5) is 13.1. The van der Waals surface area contributed by atoms with Gasteiger partial charge in [-0.3, -0.25) is 4.90 Å². The van der Waals surface area contributed by atoms with Gasteiger partial charge in [0.05, 0.1) is 6.54 Å². The van der Waals surface area contributed by atoms with Crippen molar-refractivity contribution in [3.8, 4) is 0 Å². The lowest BCUT2D eigenvalue weighted by Crippen LogP contribution is -2.43. The van der Waals surface area contributed by atoms with E-state index in [4.69, 9.17) is 0 Å². The average Bonchev–Trinajstić information content (AvgIpc) is 3.36. The highest BCUT2D eigenvalue weighted by Gasteiger charge is 2.28. The minimum absolute atomic E-state index is 0.553. The van der Waals surface area contributed by atoms with Crippen molar-refractivity contribution in [1.29, 1.82) is 0 Å². The molecule has 1 aliphatic carbocycles. The molecule has 0 unspecified atom stereocenters. The van der Waals surface area contributed by atoms with Crippen molar-refractivity contribution in [1.82, 2.24) is 25.1 Å². The molecule has 0 atom stereocenters. The monoisotopic (exact) mass is 330 g/mol. The van der Waals surface area contributed by atoms with Crippen LogP contribution in [0.15, 0.2) is 18.6 Å². The maximum Gasteiger partial charge on any atom is 0.131 e. The van der Waals surface area contributed by atoms with E-state index < -0.39 is 0 Å². The van der Waals surface area contributed by atoms with Gasteiger partial charge in [-0.25, -0.2) is 9.97 Å². The minimum atomic E-state index is 0.553. The first kappa shape index (κ1) is 15.0. The normalized spacial score (nSPS) is 19.9. The molecular weight excluding hydrogens is 308 g/mol. The minimum Gasteiger partial charge on any atom is -0.356 e. The molecule has 0 N–H and O–H groups in total. The van der Waals surface area contributed by atoms with Crippen molar-refractivity contribution < 1.29 is 0 Å². The zero-order valence-electron chi connectivity index (χ0n) is 13.4. The predicted octanol–water partition coefficient (Wildman–Crippen LogP) is 2.31. The number of aromatic nitrogens is 4. The quantitative estimate of drug-likeness (QED) is 0.838. The van der Waals surface area contributed by atoms with Crippen LogP contribution in [0.4, 0.5) is 5.82 Å². The zero-order chi connectivity index (χ0) is 15.6. The van der Waals surface area contributed by atoms with Gasteiger partial charge in [0.15, 0.2) is 0 Å². The fraction of sp³-hybridized carbons (Fsp3) is 0.625. The van der Waals surface area contributed by atoms with Crippen LogP contribution >= 0.6 is 11.3 Å². The van der Waals surface area contributed by atoms with Gasteiger partial charge in [0.2, 0.25) is 0 Å². The number of likely N-dealkylation sites (tertiary alicyclic amines) is 1.